The molecule has 0 bridgehead atoms. The Morgan fingerprint density at radius 3 is 2.67 bits per heavy atom. The van der Waals surface area contributed by atoms with Crippen molar-refractivity contribution in [3.63, 3.8) is 0 Å². The number of nitrogens with two attached hydrogens (primary N) is 1. The highest BCUT2D eigenvalue weighted by Gasteiger charge is 2.24. The summed E-state index contributed by atoms with van der Waals surface area (Å²) in [7, 11) is 1.69. The highest BCUT2D eigenvalue weighted by molar-refractivity contribution is 4.90. The Morgan fingerprint density at radius 1 is 1.67 bits per heavy atom. The van der Waals surface area contributed by atoms with Crippen molar-refractivity contribution in [1.82, 2.24) is 5.32 Å². The normalized spacial score (nSPS) is 15.6. The lowest BCUT2D eigenvalue weighted by Gasteiger charge is -2.31. The zero-order chi connectivity index (χ0) is 9.45. The average molecular weight is 172 g/mol. The van der Waals surface area contributed by atoms with Crippen molar-refractivity contribution in [3.05, 3.63) is 12.7 Å². The number of hydrogen-bond donors (Lipinski definition) is 2. The van der Waals surface area contributed by atoms with Crippen molar-refractivity contribution in [2.45, 2.75) is 18.9 Å². The van der Waals surface area contributed by atoms with Crippen LogP contribution in [0.1, 0.15) is 13.3 Å². The minimum Gasteiger partial charge on any atom is -0.383 e. The maximum Gasteiger partial charge on any atom is 0.0656 e. The molecule has 0 aromatic heterocycles. The first-order valence-corrected chi connectivity index (χ1v) is 4.29. The predicted molar refractivity (Wildman–Crippen MR) is 52.2 cm³/mol. The second-order valence-corrected chi connectivity index (χ2v) is 2.94. The van der Waals surface area contributed by atoms with Crippen LogP contribution in [-0.4, -0.2) is 32.3 Å². The van der Waals surface area contributed by atoms with E-state index in [1.54, 1.807) is 7.11 Å². The minimum atomic E-state index is -0.0804. The fraction of sp³-hybridized carbons (Fsp3) is 0.778. The lowest BCUT2D eigenvalue weighted by Crippen LogP contribution is -2.54. The molecular formula is C9H20N2O. The smallest absolute Gasteiger partial charge is 0.0656 e. The Labute approximate surface area is 75.0 Å². The van der Waals surface area contributed by atoms with Crippen molar-refractivity contribution in [1.29, 1.82) is 0 Å². The van der Waals surface area contributed by atoms with E-state index in [9.17, 15) is 0 Å². The van der Waals surface area contributed by atoms with Crippen LogP contribution in [0.25, 0.3) is 0 Å². The fourth-order valence-electron chi connectivity index (χ4n) is 1.12. The molecule has 3 heteroatoms. The molecule has 0 heterocycles. The van der Waals surface area contributed by atoms with Gasteiger partial charge in [-0.3, -0.25) is 0 Å². The molecular weight excluding hydrogens is 152 g/mol. The van der Waals surface area contributed by atoms with Crippen molar-refractivity contribution < 1.29 is 4.74 Å². The Bertz CT molecular complexity index is 122. The lowest BCUT2D eigenvalue weighted by molar-refractivity contribution is 0.112. The highest BCUT2D eigenvalue weighted by atomic mass is 16.5. The highest BCUT2D eigenvalue weighted by Crippen LogP contribution is 2.08. The van der Waals surface area contributed by atoms with E-state index in [0.29, 0.717) is 13.2 Å². The van der Waals surface area contributed by atoms with Crippen LogP contribution in [0.15, 0.2) is 12.7 Å². The van der Waals surface area contributed by atoms with Gasteiger partial charge in [0.2, 0.25) is 0 Å². The largest absolute Gasteiger partial charge is 0.383 e. The van der Waals surface area contributed by atoms with E-state index in [0.717, 1.165) is 13.0 Å². The van der Waals surface area contributed by atoms with Gasteiger partial charge in [-0.05, 0) is 6.42 Å². The summed E-state index contributed by atoms with van der Waals surface area (Å²) >= 11 is 0. The van der Waals surface area contributed by atoms with E-state index in [4.69, 9.17) is 10.5 Å². The third-order valence-electron chi connectivity index (χ3n) is 2.11. The molecule has 0 spiro atoms. The maximum atomic E-state index is 5.67. The summed E-state index contributed by atoms with van der Waals surface area (Å²) in [6.07, 6.45) is 2.79. The molecule has 1 unspecified atom stereocenters. The first-order valence-electron chi connectivity index (χ1n) is 4.29. The molecule has 0 saturated carbocycles. The number of ether oxygens (including phenoxy) is 1. The van der Waals surface area contributed by atoms with Gasteiger partial charge in [0.1, 0.15) is 0 Å². The molecule has 0 aromatic carbocycles. The molecule has 0 rings (SSSR count). The maximum absolute atomic E-state index is 5.67. The number of nitrogens with one attached hydrogen (secondary N) is 1. The molecule has 0 radical (unpaired) electrons. The van der Waals surface area contributed by atoms with Gasteiger partial charge in [-0.2, -0.15) is 0 Å². The van der Waals surface area contributed by atoms with Crippen LogP contribution in [0, 0.1) is 0 Å². The molecule has 12 heavy (non-hydrogen) atoms. The Balaban J connectivity index is 4.03. The van der Waals surface area contributed by atoms with E-state index >= 15 is 0 Å². The van der Waals surface area contributed by atoms with E-state index < -0.39 is 0 Å². The molecule has 0 saturated heterocycles. The summed E-state index contributed by atoms with van der Waals surface area (Å²) in [5.74, 6) is 0. The van der Waals surface area contributed by atoms with Crippen LogP contribution in [-0.2, 0) is 4.74 Å². The SMILES string of the molecule is C=CCNC(CC)(CN)COC. The standard InChI is InChI=1S/C9H20N2O/c1-4-6-11-9(5-2,7-10)8-12-3/h4,11H,1,5-8,10H2,2-3H3. The first kappa shape index (κ1) is 11.6. The van der Waals surface area contributed by atoms with Crippen LogP contribution >= 0.6 is 0 Å². The van der Waals surface area contributed by atoms with E-state index in [1.807, 2.05) is 6.08 Å². The van der Waals surface area contributed by atoms with Gasteiger partial charge in [0.25, 0.3) is 0 Å². The van der Waals surface area contributed by atoms with Gasteiger partial charge in [-0.15, -0.1) is 6.58 Å². The van der Waals surface area contributed by atoms with Crippen LogP contribution in [0.2, 0.25) is 0 Å². The van der Waals surface area contributed by atoms with Crippen molar-refractivity contribution in [2.75, 3.05) is 26.8 Å². The third-order valence-corrected chi connectivity index (χ3v) is 2.11. The van der Waals surface area contributed by atoms with Crippen LogP contribution in [0.3, 0.4) is 0 Å². The summed E-state index contributed by atoms with van der Waals surface area (Å²) in [4.78, 5) is 0. The second-order valence-electron chi connectivity index (χ2n) is 2.94. The van der Waals surface area contributed by atoms with Gasteiger partial charge >= 0.3 is 0 Å². The first-order chi connectivity index (χ1) is 5.74. The number of hydrogen-bond acceptors (Lipinski definition) is 3. The van der Waals surface area contributed by atoms with Gasteiger partial charge in [0.15, 0.2) is 0 Å². The van der Waals surface area contributed by atoms with Gasteiger partial charge in [-0.25, -0.2) is 0 Å². The molecule has 72 valence electrons. The summed E-state index contributed by atoms with van der Waals surface area (Å²) in [6, 6.07) is 0. The van der Waals surface area contributed by atoms with Crippen LogP contribution in [0.4, 0.5) is 0 Å². The summed E-state index contributed by atoms with van der Waals surface area (Å²) in [5.41, 5.74) is 5.59. The zero-order valence-corrected chi connectivity index (χ0v) is 8.10. The van der Waals surface area contributed by atoms with Gasteiger partial charge in [0, 0.05) is 20.2 Å². The Hall–Kier alpha value is -0.380. The topological polar surface area (TPSA) is 47.3 Å². The lowest BCUT2D eigenvalue weighted by atomic mass is 9.97. The van der Waals surface area contributed by atoms with Gasteiger partial charge in [0.05, 0.1) is 12.1 Å². The third kappa shape index (κ3) is 3.34. The summed E-state index contributed by atoms with van der Waals surface area (Å²) in [6.45, 7) is 7.75. The summed E-state index contributed by atoms with van der Waals surface area (Å²) in [5, 5.41) is 3.32. The molecule has 0 aromatic rings. The Morgan fingerprint density at radius 2 is 2.33 bits per heavy atom. The fourth-order valence-corrected chi connectivity index (χ4v) is 1.12. The van der Waals surface area contributed by atoms with Crippen LogP contribution < -0.4 is 11.1 Å². The molecule has 0 aliphatic carbocycles. The second kappa shape index (κ2) is 6.17. The van der Waals surface area contributed by atoms with E-state index in [1.165, 1.54) is 0 Å². The molecule has 3 N–H and O–H groups in total. The van der Waals surface area contributed by atoms with E-state index in [2.05, 4.69) is 18.8 Å². The zero-order valence-electron chi connectivity index (χ0n) is 8.10. The Kier molecular flexibility index (Phi) is 5.98. The molecule has 1 atom stereocenters. The molecule has 0 aliphatic rings. The number of rotatable bonds is 7. The van der Waals surface area contributed by atoms with E-state index in [-0.39, 0.29) is 5.54 Å². The molecule has 0 aliphatic heterocycles. The quantitative estimate of drug-likeness (QED) is 0.550. The minimum absolute atomic E-state index is 0.0804. The van der Waals surface area contributed by atoms with Crippen molar-refractivity contribution in [3.8, 4) is 0 Å². The van der Waals surface area contributed by atoms with Crippen molar-refractivity contribution >= 4 is 0 Å². The molecule has 0 fully saturated rings. The monoisotopic (exact) mass is 172 g/mol. The molecule has 3 nitrogen and oxygen atoms in total. The van der Waals surface area contributed by atoms with Crippen molar-refractivity contribution in [2.24, 2.45) is 5.73 Å². The van der Waals surface area contributed by atoms with Crippen LogP contribution in [0.5, 0.6) is 0 Å². The van der Waals surface area contributed by atoms with Gasteiger partial charge in [-0.1, -0.05) is 13.0 Å². The predicted octanol–water partition coefficient (Wildman–Crippen LogP) is 0.516. The van der Waals surface area contributed by atoms with Gasteiger partial charge < -0.3 is 15.8 Å². The number of methoxy groups -OCH3 is 1. The summed E-state index contributed by atoms with van der Waals surface area (Å²) < 4.78 is 5.11. The molecule has 0 amide bonds. The average Bonchev–Trinajstić information content (AvgIpc) is 2.13.